The molecular weight excluding hydrogens is 458 g/mol. The van der Waals surface area contributed by atoms with Crippen molar-refractivity contribution in [1.29, 1.82) is 5.26 Å². The molecule has 3 aromatic carbocycles. The number of aromatic nitrogens is 1. The Labute approximate surface area is 219 Å². The molecule has 0 saturated heterocycles. The van der Waals surface area contributed by atoms with Crippen molar-refractivity contribution in [2.75, 3.05) is 6.61 Å². The SMILES string of the molecule is Cc1c(C)n(Cc2cccc(OCC#N)c2)c2ccc(C(=O)NC(C)c3ccc(C(C)(C)C)cc3)cc12. The molecular formula is C32H35N3O2. The molecule has 0 fully saturated rings. The Morgan fingerprint density at radius 2 is 1.78 bits per heavy atom. The molecule has 190 valence electrons. The van der Waals surface area contributed by atoms with Crippen LogP contribution in [0.3, 0.4) is 0 Å². The number of nitrogens with one attached hydrogen (secondary N) is 1. The number of benzene rings is 3. The lowest BCUT2D eigenvalue weighted by Crippen LogP contribution is -2.26. The van der Waals surface area contributed by atoms with Crippen LogP contribution in [-0.2, 0) is 12.0 Å². The number of ether oxygens (including phenoxy) is 1. The lowest BCUT2D eigenvalue weighted by molar-refractivity contribution is 0.0940. The molecule has 0 bridgehead atoms. The smallest absolute Gasteiger partial charge is 0.251 e. The topological polar surface area (TPSA) is 67.0 Å². The molecule has 0 aliphatic heterocycles. The minimum atomic E-state index is -0.0971. The van der Waals surface area contributed by atoms with E-state index < -0.39 is 0 Å². The molecule has 1 atom stereocenters. The van der Waals surface area contributed by atoms with Gasteiger partial charge in [-0.1, -0.05) is 57.2 Å². The average molecular weight is 494 g/mol. The first-order valence-electron chi connectivity index (χ1n) is 12.7. The second-order valence-corrected chi connectivity index (χ2v) is 10.7. The molecule has 1 amide bonds. The Bertz CT molecular complexity index is 1470. The average Bonchev–Trinajstić information content (AvgIpc) is 3.11. The van der Waals surface area contributed by atoms with Crippen LogP contribution in [0.25, 0.3) is 10.9 Å². The summed E-state index contributed by atoms with van der Waals surface area (Å²) in [6, 6.07) is 24.1. The van der Waals surface area contributed by atoms with E-state index in [4.69, 9.17) is 10.00 Å². The van der Waals surface area contributed by atoms with Crippen molar-refractivity contribution in [3.8, 4) is 11.8 Å². The van der Waals surface area contributed by atoms with Crippen LogP contribution in [0.1, 0.15) is 72.0 Å². The van der Waals surface area contributed by atoms with Gasteiger partial charge in [0.25, 0.3) is 5.91 Å². The summed E-state index contributed by atoms with van der Waals surface area (Å²) in [6.45, 7) is 13.5. The third kappa shape index (κ3) is 5.70. The van der Waals surface area contributed by atoms with Crippen molar-refractivity contribution in [1.82, 2.24) is 9.88 Å². The van der Waals surface area contributed by atoms with E-state index in [1.165, 1.54) is 5.56 Å². The predicted octanol–water partition coefficient (Wildman–Crippen LogP) is 7.00. The molecule has 1 heterocycles. The largest absolute Gasteiger partial charge is 0.479 e. The number of amides is 1. The second-order valence-electron chi connectivity index (χ2n) is 10.7. The van der Waals surface area contributed by atoms with Gasteiger partial charge in [0.05, 0.1) is 6.04 Å². The first-order valence-corrected chi connectivity index (χ1v) is 12.7. The van der Waals surface area contributed by atoms with Gasteiger partial charge in [-0.3, -0.25) is 4.79 Å². The van der Waals surface area contributed by atoms with E-state index >= 15 is 0 Å². The van der Waals surface area contributed by atoms with Crippen molar-refractivity contribution in [3.05, 3.63) is 100 Å². The van der Waals surface area contributed by atoms with Crippen LogP contribution in [0.5, 0.6) is 5.75 Å². The van der Waals surface area contributed by atoms with Gasteiger partial charge in [-0.2, -0.15) is 5.26 Å². The molecule has 5 heteroatoms. The first-order chi connectivity index (χ1) is 17.6. The molecule has 0 saturated carbocycles. The fourth-order valence-corrected chi connectivity index (χ4v) is 4.66. The number of nitrogens with zero attached hydrogens (tertiary/aromatic N) is 2. The first kappa shape index (κ1) is 26.0. The van der Waals surface area contributed by atoms with E-state index in [1.54, 1.807) is 0 Å². The van der Waals surface area contributed by atoms with Crippen LogP contribution in [0.4, 0.5) is 0 Å². The molecule has 1 aromatic heterocycles. The summed E-state index contributed by atoms with van der Waals surface area (Å²) in [6.07, 6.45) is 0. The summed E-state index contributed by atoms with van der Waals surface area (Å²) in [7, 11) is 0. The number of carbonyl (C=O) groups is 1. The summed E-state index contributed by atoms with van der Waals surface area (Å²) in [5.41, 5.74) is 7.59. The van der Waals surface area contributed by atoms with Crippen LogP contribution in [0.2, 0.25) is 0 Å². The lowest BCUT2D eigenvalue weighted by Gasteiger charge is -2.20. The van der Waals surface area contributed by atoms with Gasteiger partial charge in [0.15, 0.2) is 6.61 Å². The van der Waals surface area contributed by atoms with E-state index in [0.717, 1.165) is 33.3 Å². The van der Waals surface area contributed by atoms with Crippen molar-refractivity contribution in [2.24, 2.45) is 0 Å². The molecule has 1 unspecified atom stereocenters. The minimum absolute atomic E-state index is 0.0275. The van der Waals surface area contributed by atoms with E-state index in [2.05, 4.69) is 74.8 Å². The van der Waals surface area contributed by atoms with Crippen molar-refractivity contribution in [3.63, 3.8) is 0 Å². The summed E-state index contributed by atoms with van der Waals surface area (Å²) in [4.78, 5) is 13.2. The molecule has 5 nitrogen and oxygen atoms in total. The van der Waals surface area contributed by atoms with Gasteiger partial charge in [-0.25, -0.2) is 0 Å². The lowest BCUT2D eigenvalue weighted by atomic mass is 9.86. The number of nitriles is 1. The maximum Gasteiger partial charge on any atom is 0.251 e. The Balaban J connectivity index is 1.54. The summed E-state index contributed by atoms with van der Waals surface area (Å²) in [5.74, 6) is 0.604. The zero-order chi connectivity index (χ0) is 26.7. The van der Waals surface area contributed by atoms with Gasteiger partial charge < -0.3 is 14.6 Å². The van der Waals surface area contributed by atoms with Gasteiger partial charge in [0, 0.05) is 28.7 Å². The number of fused-ring (bicyclic) bond motifs is 1. The summed E-state index contributed by atoms with van der Waals surface area (Å²) >= 11 is 0. The Morgan fingerprint density at radius 3 is 2.46 bits per heavy atom. The monoisotopic (exact) mass is 493 g/mol. The molecule has 0 aliphatic rings. The van der Waals surface area contributed by atoms with Crippen LogP contribution in [0, 0.1) is 25.2 Å². The molecule has 1 N–H and O–H groups in total. The van der Waals surface area contributed by atoms with E-state index in [9.17, 15) is 4.79 Å². The maximum atomic E-state index is 13.2. The second kappa shape index (κ2) is 10.5. The van der Waals surface area contributed by atoms with Gasteiger partial charge in [-0.15, -0.1) is 0 Å². The molecule has 0 aliphatic carbocycles. The number of aryl methyl sites for hydroxylation is 1. The minimum Gasteiger partial charge on any atom is -0.479 e. The highest BCUT2D eigenvalue weighted by molar-refractivity contribution is 5.99. The molecule has 4 aromatic rings. The van der Waals surface area contributed by atoms with Gasteiger partial charge in [-0.05, 0) is 78.8 Å². The van der Waals surface area contributed by atoms with Gasteiger partial charge in [0.1, 0.15) is 11.8 Å². The van der Waals surface area contributed by atoms with Crippen LogP contribution >= 0.6 is 0 Å². The van der Waals surface area contributed by atoms with Crippen LogP contribution in [0.15, 0.2) is 66.7 Å². The van der Waals surface area contributed by atoms with Crippen LogP contribution in [-0.4, -0.2) is 17.1 Å². The zero-order valence-corrected chi connectivity index (χ0v) is 22.6. The molecule has 4 rings (SSSR count). The van der Waals surface area contributed by atoms with Crippen molar-refractivity contribution >= 4 is 16.8 Å². The van der Waals surface area contributed by atoms with E-state index in [1.807, 2.05) is 49.4 Å². The van der Waals surface area contributed by atoms with Crippen molar-refractivity contribution in [2.45, 2.75) is 59.5 Å². The highest BCUT2D eigenvalue weighted by Gasteiger charge is 2.18. The van der Waals surface area contributed by atoms with Crippen molar-refractivity contribution < 1.29 is 9.53 Å². The highest BCUT2D eigenvalue weighted by atomic mass is 16.5. The van der Waals surface area contributed by atoms with E-state index in [0.29, 0.717) is 17.9 Å². The maximum absolute atomic E-state index is 13.2. The predicted molar refractivity (Wildman–Crippen MR) is 149 cm³/mol. The quantitative estimate of drug-likeness (QED) is 0.301. The number of carbonyl (C=O) groups excluding carboxylic acids is 1. The Morgan fingerprint density at radius 1 is 1.05 bits per heavy atom. The normalized spacial score (nSPS) is 12.2. The third-order valence-corrected chi connectivity index (χ3v) is 7.07. The molecule has 0 radical (unpaired) electrons. The number of hydrogen-bond donors (Lipinski definition) is 1. The molecule has 0 spiro atoms. The number of rotatable bonds is 7. The fraction of sp³-hybridized carbons (Fsp3) is 0.312. The summed E-state index contributed by atoms with van der Waals surface area (Å²) in [5, 5.41) is 13.0. The third-order valence-electron chi connectivity index (χ3n) is 7.07. The van der Waals surface area contributed by atoms with Crippen LogP contribution < -0.4 is 10.1 Å². The Kier molecular flexibility index (Phi) is 7.40. The van der Waals surface area contributed by atoms with E-state index in [-0.39, 0.29) is 24.0 Å². The summed E-state index contributed by atoms with van der Waals surface area (Å²) < 4.78 is 7.73. The Hall–Kier alpha value is -4.04. The molecule has 37 heavy (non-hydrogen) atoms. The zero-order valence-electron chi connectivity index (χ0n) is 22.6. The standard InChI is InChI=1S/C32H35N3O2/c1-21-23(3)35(20-24-8-7-9-28(18-24)37-17-16-33)30-15-12-26(19-29(21)30)31(36)34-22(2)25-10-13-27(14-11-25)32(4,5)6/h7-15,18-19,22H,17,20H2,1-6H3,(H,34,36). The highest BCUT2D eigenvalue weighted by Crippen LogP contribution is 2.29. The fourth-order valence-electron chi connectivity index (χ4n) is 4.66. The van der Waals surface area contributed by atoms with Gasteiger partial charge in [0.2, 0.25) is 0 Å². The number of hydrogen-bond acceptors (Lipinski definition) is 3. The van der Waals surface area contributed by atoms with Gasteiger partial charge >= 0.3 is 0 Å².